The third-order valence-electron chi connectivity index (χ3n) is 4.85. The molecule has 1 aliphatic heterocycles. The molecule has 0 radical (unpaired) electrons. The van der Waals surface area contributed by atoms with E-state index in [1.807, 2.05) is 36.5 Å². The Hall–Kier alpha value is -2.57. The van der Waals surface area contributed by atoms with Crippen molar-refractivity contribution < 1.29 is 4.74 Å². The van der Waals surface area contributed by atoms with Crippen molar-refractivity contribution in [3.63, 3.8) is 0 Å². The van der Waals surface area contributed by atoms with Crippen molar-refractivity contribution in [3.05, 3.63) is 47.6 Å². The second kappa shape index (κ2) is 7.58. The summed E-state index contributed by atoms with van der Waals surface area (Å²) in [5, 5.41) is 4.81. The molecule has 7 heteroatoms. The van der Waals surface area contributed by atoms with Crippen LogP contribution in [-0.4, -0.2) is 55.2 Å². The van der Waals surface area contributed by atoms with Crippen molar-refractivity contribution in [2.45, 2.75) is 0 Å². The zero-order valence-corrected chi connectivity index (χ0v) is 16.2. The maximum Gasteiger partial charge on any atom is 0.145 e. The number of piperazine rings is 1. The molecule has 1 aliphatic rings. The Kier molecular flexibility index (Phi) is 5.01. The molecule has 0 saturated carbocycles. The number of hydrogen-bond acceptors (Lipinski definition) is 6. The number of methoxy groups -OCH3 is 1. The zero-order valence-electron chi connectivity index (χ0n) is 15.4. The number of hydrogen-bond donors (Lipinski definition) is 1. The highest BCUT2D eigenvalue weighted by Crippen LogP contribution is 2.31. The van der Waals surface area contributed by atoms with Crippen molar-refractivity contribution >= 4 is 39.8 Å². The fourth-order valence-corrected chi connectivity index (χ4v) is 3.49. The van der Waals surface area contributed by atoms with Gasteiger partial charge >= 0.3 is 0 Å². The Morgan fingerprint density at radius 1 is 1.04 bits per heavy atom. The number of ether oxygens (including phenoxy) is 1. The van der Waals surface area contributed by atoms with Gasteiger partial charge in [0.25, 0.3) is 0 Å². The molecule has 1 aromatic carbocycles. The Balaban J connectivity index is 1.60. The second-order valence-electron chi connectivity index (χ2n) is 6.66. The van der Waals surface area contributed by atoms with Crippen LogP contribution in [0.5, 0.6) is 5.75 Å². The number of likely N-dealkylation sites (N-methyl/N-ethyl adjacent to an activating group) is 1. The molecule has 4 rings (SSSR count). The summed E-state index contributed by atoms with van der Waals surface area (Å²) in [7, 11) is 3.79. The van der Waals surface area contributed by atoms with Crippen LogP contribution in [-0.2, 0) is 0 Å². The summed E-state index contributed by atoms with van der Waals surface area (Å²) in [5.74, 6) is 2.16. The lowest BCUT2D eigenvalue weighted by atomic mass is 10.2. The standard InChI is InChI=1S/C20H22ClN5O/c1-25-9-11-26(12-10-25)14-7-8-22-19(13-14)23-18-6-3-15-16(21)4-5-17(27-2)20(15)24-18/h3-8,13H,9-12H2,1-2H3,(H,22,23,24). The highest BCUT2D eigenvalue weighted by atomic mass is 35.5. The molecule has 1 fully saturated rings. The van der Waals surface area contributed by atoms with Crippen LogP contribution in [0, 0.1) is 0 Å². The molecule has 2 aromatic heterocycles. The van der Waals surface area contributed by atoms with Crippen molar-refractivity contribution in [2.75, 3.05) is 50.6 Å². The number of fused-ring (bicyclic) bond motifs is 1. The Labute approximate surface area is 163 Å². The van der Waals surface area contributed by atoms with Crippen molar-refractivity contribution in [1.29, 1.82) is 0 Å². The van der Waals surface area contributed by atoms with Gasteiger partial charge in [-0.2, -0.15) is 0 Å². The third-order valence-corrected chi connectivity index (χ3v) is 5.18. The molecule has 1 saturated heterocycles. The first-order valence-electron chi connectivity index (χ1n) is 8.94. The van der Waals surface area contributed by atoms with Gasteiger partial charge in [0, 0.05) is 49.5 Å². The normalized spacial score (nSPS) is 15.1. The maximum absolute atomic E-state index is 6.28. The minimum Gasteiger partial charge on any atom is -0.494 e. The second-order valence-corrected chi connectivity index (χ2v) is 7.06. The van der Waals surface area contributed by atoms with Crippen LogP contribution in [0.15, 0.2) is 42.6 Å². The van der Waals surface area contributed by atoms with Gasteiger partial charge in [-0.05, 0) is 37.4 Å². The number of anilines is 3. The summed E-state index contributed by atoms with van der Waals surface area (Å²) in [6.45, 7) is 4.17. The fourth-order valence-electron chi connectivity index (χ4n) is 3.27. The van der Waals surface area contributed by atoms with Crippen LogP contribution in [0.2, 0.25) is 5.02 Å². The molecule has 3 heterocycles. The summed E-state index contributed by atoms with van der Waals surface area (Å²) < 4.78 is 5.42. The fraction of sp³-hybridized carbons (Fsp3) is 0.300. The molecule has 0 amide bonds. The smallest absolute Gasteiger partial charge is 0.145 e. The van der Waals surface area contributed by atoms with Gasteiger partial charge in [0.2, 0.25) is 0 Å². The first-order valence-corrected chi connectivity index (χ1v) is 9.31. The molecule has 3 aromatic rings. The highest BCUT2D eigenvalue weighted by Gasteiger charge is 2.15. The van der Waals surface area contributed by atoms with Crippen LogP contribution < -0.4 is 15.0 Å². The lowest BCUT2D eigenvalue weighted by Gasteiger charge is -2.34. The molecule has 0 spiro atoms. The monoisotopic (exact) mass is 383 g/mol. The summed E-state index contributed by atoms with van der Waals surface area (Å²) in [5.41, 5.74) is 1.90. The molecule has 6 nitrogen and oxygen atoms in total. The SMILES string of the molecule is COc1ccc(Cl)c2ccc(Nc3cc(N4CCN(C)CC4)ccn3)nc12. The van der Waals surface area contributed by atoms with Gasteiger partial charge in [0.05, 0.1) is 12.1 Å². The molecule has 0 bridgehead atoms. The molecular formula is C20H22ClN5O. The van der Waals surface area contributed by atoms with Gasteiger partial charge in [0.15, 0.2) is 0 Å². The zero-order chi connectivity index (χ0) is 18.8. The van der Waals surface area contributed by atoms with Gasteiger partial charge < -0.3 is 19.9 Å². The van der Waals surface area contributed by atoms with E-state index in [9.17, 15) is 0 Å². The van der Waals surface area contributed by atoms with Crippen LogP contribution in [0.3, 0.4) is 0 Å². The number of halogens is 1. The molecule has 140 valence electrons. The largest absolute Gasteiger partial charge is 0.494 e. The minimum absolute atomic E-state index is 0.653. The predicted molar refractivity (Wildman–Crippen MR) is 111 cm³/mol. The van der Waals surface area contributed by atoms with E-state index in [0.717, 1.165) is 42.9 Å². The number of benzene rings is 1. The van der Waals surface area contributed by atoms with Gasteiger partial charge in [-0.3, -0.25) is 0 Å². The maximum atomic E-state index is 6.28. The average molecular weight is 384 g/mol. The Morgan fingerprint density at radius 3 is 2.63 bits per heavy atom. The molecule has 0 aliphatic carbocycles. The summed E-state index contributed by atoms with van der Waals surface area (Å²) in [4.78, 5) is 13.8. The number of aromatic nitrogens is 2. The van der Waals surface area contributed by atoms with Crippen molar-refractivity contribution in [2.24, 2.45) is 0 Å². The molecule has 0 unspecified atom stereocenters. The van der Waals surface area contributed by atoms with Crippen molar-refractivity contribution in [1.82, 2.24) is 14.9 Å². The van der Waals surface area contributed by atoms with E-state index in [-0.39, 0.29) is 0 Å². The Bertz CT molecular complexity index is 956. The summed E-state index contributed by atoms with van der Waals surface area (Å²) in [6.07, 6.45) is 1.83. The number of nitrogens with zero attached hydrogens (tertiary/aromatic N) is 4. The summed E-state index contributed by atoms with van der Waals surface area (Å²) in [6, 6.07) is 11.6. The van der Waals surface area contributed by atoms with E-state index >= 15 is 0 Å². The van der Waals surface area contributed by atoms with Gasteiger partial charge in [-0.15, -0.1) is 0 Å². The third kappa shape index (κ3) is 3.77. The quantitative estimate of drug-likeness (QED) is 0.739. The van der Waals surface area contributed by atoms with E-state index in [2.05, 4.69) is 38.2 Å². The molecular weight excluding hydrogens is 362 g/mol. The molecule has 0 atom stereocenters. The van der Waals surface area contributed by atoms with E-state index in [0.29, 0.717) is 16.6 Å². The number of rotatable bonds is 4. The van der Waals surface area contributed by atoms with E-state index in [1.54, 1.807) is 7.11 Å². The van der Waals surface area contributed by atoms with Gasteiger partial charge in [-0.25, -0.2) is 9.97 Å². The van der Waals surface area contributed by atoms with Gasteiger partial charge in [-0.1, -0.05) is 11.6 Å². The lowest BCUT2D eigenvalue weighted by Crippen LogP contribution is -2.44. The van der Waals surface area contributed by atoms with E-state index in [4.69, 9.17) is 16.3 Å². The van der Waals surface area contributed by atoms with E-state index < -0.39 is 0 Å². The summed E-state index contributed by atoms with van der Waals surface area (Å²) >= 11 is 6.28. The predicted octanol–water partition coefficient (Wildman–Crippen LogP) is 3.79. The number of nitrogens with one attached hydrogen (secondary N) is 1. The highest BCUT2D eigenvalue weighted by molar-refractivity contribution is 6.35. The van der Waals surface area contributed by atoms with Crippen LogP contribution >= 0.6 is 11.6 Å². The topological polar surface area (TPSA) is 53.5 Å². The van der Waals surface area contributed by atoms with Crippen LogP contribution in [0.25, 0.3) is 10.9 Å². The molecule has 1 N–H and O–H groups in total. The first kappa shape index (κ1) is 17.8. The first-order chi connectivity index (χ1) is 13.1. The molecule has 27 heavy (non-hydrogen) atoms. The van der Waals surface area contributed by atoms with Gasteiger partial charge in [0.1, 0.15) is 22.9 Å². The van der Waals surface area contributed by atoms with E-state index in [1.165, 1.54) is 5.69 Å². The Morgan fingerprint density at radius 2 is 1.85 bits per heavy atom. The lowest BCUT2D eigenvalue weighted by molar-refractivity contribution is 0.313. The van der Waals surface area contributed by atoms with Crippen molar-refractivity contribution in [3.8, 4) is 5.75 Å². The minimum atomic E-state index is 0.653. The van der Waals surface area contributed by atoms with Crippen LogP contribution in [0.1, 0.15) is 0 Å². The van der Waals surface area contributed by atoms with Crippen LogP contribution in [0.4, 0.5) is 17.3 Å². The number of pyridine rings is 2. The average Bonchev–Trinajstić information content (AvgIpc) is 2.69.